The van der Waals surface area contributed by atoms with Gasteiger partial charge in [0.25, 0.3) is 0 Å². The molecule has 0 fully saturated rings. The SMILES string of the molecule is C#CCSC(/N=C/OC)=C(/C=C)OC(C)OCC. The van der Waals surface area contributed by atoms with Gasteiger partial charge in [-0.25, -0.2) is 4.99 Å². The molecule has 0 aliphatic heterocycles. The Labute approximate surface area is 113 Å². The molecule has 0 aliphatic rings. The molecule has 0 aromatic carbocycles. The van der Waals surface area contributed by atoms with Gasteiger partial charge in [0.2, 0.25) is 0 Å². The molecule has 0 spiro atoms. The van der Waals surface area contributed by atoms with Gasteiger partial charge in [0.15, 0.2) is 18.4 Å². The van der Waals surface area contributed by atoms with Crippen LogP contribution in [0.5, 0.6) is 0 Å². The molecule has 0 radical (unpaired) electrons. The van der Waals surface area contributed by atoms with Crippen LogP contribution in [0.25, 0.3) is 0 Å². The van der Waals surface area contributed by atoms with Gasteiger partial charge in [-0.15, -0.1) is 6.42 Å². The lowest BCUT2D eigenvalue weighted by atomic mass is 10.5. The average molecular weight is 269 g/mol. The van der Waals surface area contributed by atoms with Crippen molar-refractivity contribution in [3.63, 3.8) is 0 Å². The summed E-state index contributed by atoms with van der Waals surface area (Å²) >= 11 is 1.37. The number of hydrogen-bond acceptors (Lipinski definition) is 5. The van der Waals surface area contributed by atoms with Gasteiger partial charge < -0.3 is 14.2 Å². The molecule has 5 heteroatoms. The number of ether oxygens (including phenoxy) is 3. The van der Waals surface area contributed by atoms with Crippen LogP contribution in [-0.2, 0) is 14.2 Å². The maximum atomic E-state index is 5.58. The number of methoxy groups -OCH3 is 1. The maximum Gasteiger partial charge on any atom is 0.197 e. The summed E-state index contributed by atoms with van der Waals surface area (Å²) in [5.41, 5.74) is 0. The van der Waals surface area contributed by atoms with Gasteiger partial charge in [-0.2, -0.15) is 0 Å². The van der Waals surface area contributed by atoms with Crippen LogP contribution < -0.4 is 0 Å². The molecule has 0 amide bonds. The van der Waals surface area contributed by atoms with Gasteiger partial charge in [-0.3, -0.25) is 0 Å². The summed E-state index contributed by atoms with van der Waals surface area (Å²) in [4.78, 5) is 4.11. The summed E-state index contributed by atoms with van der Waals surface area (Å²) < 4.78 is 15.7. The Morgan fingerprint density at radius 1 is 1.61 bits per heavy atom. The van der Waals surface area contributed by atoms with Gasteiger partial charge >= 0.3 is 0 Å². The summed E-state index contributed by atoms with van der Waals surface area (Å²) in [5.74, 6) is 3.53. The number of aliphatic imine (C=N–C) groups is 1. The van der Waals surface area contributed by atoms with Crippen LogP contribution in [0.1, 0.15) is 13.8 Å². The molecule has 0 rings (SSSR count). The summed E-state index contributed by atoms with van der Waals surface area (Å²) in [5, 5.41) is 0.608. The van der Waals surface area contributed by atoms with Crippen LogP contribution in [0, 0.1) is 12.3 Å². The fraction of sp³-hybridized carbons (Fsp3) is 0.462. The van der Waals surface area contributed by atoms with Crippen molar-refractivity contribution >= 4 is 18.2 Å². The minimum atomic E-state index is -0.373. The van der Waals surface area contributed by atoms with E-state index >= 15 is 0 Å². The largest absolute Gasteiger partial charge is 0.486 e. The van der Waals surface area contributed by atoms with Crippen LogP contribution in [0.15, 0.2) is 28.4 Å². The predicted octanol–water partition coefficient (Wildman–Crippen LogP) is 2.78. The van der Waals surface area contributed by atoms with Crippen molar-refractivity contribution in [2.75, 3.05) is 19.5 Å². The minimum absolute atomic E-state index is 0.373. The fourth-order valence-corrected chi connectivity index (χ4v) is 1.63. The monoisotopic (exact) mass is 269 g/mol. The molecular weight excluding hydrogens is 250 g/mol. The third kappa shape index (κ3) is 7.05. The van der Waals surface area contributed by atoms with E-state index < -0.39 is 0 Å². The molecule has 18 heavy (non-hydrogen) atoms. The fourth-order valence-electron chi connectivity index (χ4n) is 1.02. The molecule has 0 saturated heterocycles. The Balaban J connectivity index is 4.89. The molecule has 0 saturated carbocycles. The molecule has 0 aromatic rings. The van der Waals surface area contributed by atoms with Crippen molar-refractivity contribution in [3.05, 3.63) is 23.4 Å². The Hall–Kier alpha value is -1.38. The van der Waals surface area contributed by atoms with Crippen LogP contribution in [0.4, 0.5) is 0 Å². The number of nitrogens with zero attached hydrogens (tertiary/aromatic N) is 1. The summed E-state index contributed by atoms with van der Waals surface area (Å²) in [6.07, 6.45) is 7.74. The zero-order valence-corrected chi connectivity index (χ0v) is 11.8. The van der Waals surface area contributed by atoms with E-state index in [2.05, 4.69) is 17.5 Å². The molecule has 0 aromatic heterocycles. The lowest BCUT2D eigenvalue weighted by molar-refractivity contribution is -0.0959. The van der Waals surface area contributed by atoms with E-state index in [9.17, 15) is 0 Å². The minimum Gasteiger partial charge on any atom is -0.486 e. The molecule has 1 unspecified atom stereocenters. The molecule has 0 heterocycles. The van der Waals surface area contributed by atoms with Gasteiger partial charge in [0, 0.05) is 6.61 Å². The first-order valence-corrected chi connectivity index (χ1v) is 6.44. The molecule has 1 atom stereocenters. The number of rotatable bonds is 9. The van der Waals surface area contributed by atoms with Crippen molar-refractivity contribution in [1.29, 1.82) is 0 Å². The second-order valence-electron chi connectivity index (χ2n) is 2.98. The van der Waals surface area contributed by atoms with Crippen molar-refractivity contribution in [2.24, 2.45) is 4.99 Å². The topological polar surface area (TPSA) is 40.0 Å². The Bertz CT molecular complexity index is 345. The smallest absolute Gasteiger partial charge is 0.197 e. The van der Waals surface area contributed by atoms with E-state index in [4.69, 9.17) is 20.6 Å². The van der Waals surface area contributed by atoms with E-state index in [0.717, 1.165) is 0 Å². The number of hydrogen-bond donors (Lipinski definition) is 0. The van der Waals surface area contributed by atoms with Gasteiger partial charge in [0.1, 0.15) is 5.03 Å². The number of terminal acetylenes is 1. The first kappa shape index (κ1) is 16.6. The van der Waals surface area contributed by atoms with Crippen molar-refractivity contribution in [1.82, 2.24) is 0 Å². The summed E-state index contributed by atoms with van der Waals surface area (Å²) in [6.45, 7) is 7.96. The Morgan fingerprint density at radius 2 is 2.33 bits per heavy atom. The van der Waals surface area contributed by atoms with E-state index in [1.165, 1.54) is 25.3 Å². The highest BCUT2D eigenvalue weighted by molar-refractivity contribution is 8.03. The second kappa shape index (κ2) is 10.8. The maximum absolute atomic E-state index is 5.58. The van der Waals surface area contributed by atoms with Crippen molar-refractivity contribution in [2.45, 2.75) is 20.1 Å². The molecule has 0 aliphatic carbocycles. The number of thioether (sulfide) groups is 1. The predicted molar refractivity (Wildman–Crippen MR) is 76.2 cm³/mol. The zero-order valence-electron chi connectivity index (χ0n) is 11.0. The van der Waals surface area contributed by atoms with Gasteiger partial charge in [-0.05, 0) is 19.9 Å². The van der Waals surface area contributed by atoms with Crippen LogP contribution >= 0.6 is 11.8 Å². The molecule has 100 valence electrons. The Morgan fingerprint density at radius 3 is 2.83 bits per heavy atom. The quantitative estimate of drug-likeness (QED) is 0.161. The van der Waals surface area contributed by atoms with Crippen molar-refractivity contribution < 1.29 is 14.2 Å². The molecule has 4 nitrogen and oxygen atoms in total. The average Bonchev–Trinajstić information content (AvgIpc) is 2.37. The van der Waals surface area contributed by atoms with Gasteiger partial charge in [0.05, 0.1) is 12.9 Å². The highest BCUT2D eigenvalue weighted by Gasteiger charge is 2.09. The molecular formula is C13H19NO3S. The highest BCUT2D eigenvalue weighted by Crippen LogP contribution is 2.23. The lowest BCUT2D eigenvalue weighted by Gasteiger charge is -2.16. The van der Waals surface area contributed by atoms with Crippen molar-refractivity contribution in [3.8, 4) is 12.3 Å². The first-order chi connectivity index (χ1) is 8.69. The third-order valence-corrected chi connectivity index (χ3v) is 2.55. The first-order valence-electron chi connectivity index (χ1n) is 5.46. The summed E-state index contributed by atoms with van der Waals surface area (Å²) in [6, 6.07) is 0. The van der Waals surface area contributed by atoms with E-state index in [-0.39, 0.29) is 6.29 Å². The lowest BCUT2D eigenvalue weighted by Crippen LogP contribution is -2.12. The number of allylic oxidation sites excluding steroid dienone is 1. The highest BCUT2D eigenvalue weighted by atomic mass is 32.2. The summed E-state index contributed by atoms with van der Waals surface area (Å²) in [7, 11) is 1.52. The standard InChI is InChI=1S/C13H19NO3S/c1-6-9-18-13(14-10-15-5)12(7-2)17-11(4)16-8-3/h1,7,10-11H,2,8-9H2,3-5H3/b13-12-,14-10+. The molecule has 0 N–H and O–H groups in total. The second-order valence-corrected chi connectivity index (χ2v) is 3.94. The normalized spacial score (nSPS) is 13.7. The third-order valence-electron chi connectivity index (χ3n) is 1.66. The Kier molecular flexibility index (Phi) is 9.93. The van der Waals surface area contributed by atoms with Crippen LogP contribution in [0.3, 0.4) is 0 Å². The van der Waals surface area contributed by atoms with Gasteiger partial charge in [-0.1, -0.05) is 24.3 Å². The van der Waals surface area contributed by atoms with Crippen LogP contribution in [-0.4, -0.2) is 32.2 Å². The van der Waals surface area contributed by atoms with E-state index in [0.29, 0.717) is 23.1 Å². The van der Waals surface area contributed by atoms with Crippen LogP contribution in [0.2, 0.25) is 0 Å². The van der Waals surface area contributed by atoms with E-state index in [1.807, 2.05) is 6.92 Å². The van der Waals surface area contributed by atoms with E-state index in [1.54, 1.807) is 13.0 Å². The zero-order chi connectivity index (χ0) is 13.8. The molecule has 0 bridgehead atoms.